The number of halogens is 1. The van der Waals surface area contributed by atoms with Crippen molar-refractivity contribution in [3.8, 4) is 11.5 Å². The molecule has 2 aromatic rings. The Labute approximate surface area is 97.3 Å². The number of hydrogen-bond acceptors (Lipinski definition) is 3. The van der Waals surface area contributed by atoms with E-state index >= 15 is 0 Å². The molecule has 1 heterocycles. The molecule has 0 amide bonds. The van der Waals surface area contributed by atoms with Crippen LogP contribution in [0.1, 0.15) is 19.4 Å². The largest absolute Gasteiger partial charge is 0.409 e. The summed E-state index contributed by atoms with van der Waals surface area (Å²) in [4.78, 5) is 0.227. The Bertz CT molecular complexity index is 536. The molecule has 5 heteroatoms. The van der Waals surface area contributed by atoms with E-state index in [0.29, 0.717) is 11.5 Å². The topological polar surface area (TPSA) is 41.8 Å². The van der Waals surface area contributed by atoms with Gasteiger partial charge in [-0.15, -0.1) is 5.10 Å². The van der Waals surface area contributed by atoms with Crippen LogP contribution in [0.2, 0.25) is 0 Å². The van der Waals surface area contributed by atoms with Crippen LogP contribution in [-0.4, -0.2) is 10.2 Å². The lowest BCUT2D eigenvalue weighted by Gasteiger charge is -2.14. The first-order valence-corrected chi connectivity index (χ1v) is 5.23. The van der Waals surface area contributed by atoms with Gasteiger partial charge in [0.25, 0.3) is 4.84 Å². The van der Waals surface area contributed by atoms with Crippen molar-refractivity contribution in [3.63, 3.8) is 0 Å². The van der Waals surface area contributed by atoms with Gasteiger partial charge in [0.15, 0.2) is 0 Å². The molecule has 84 valence electrons. The van der Waals surface area contributed by atoms with Gasteiger partial charge in [0.05, 0.1) is 0 Å². The van der Waals surface area contributed by atoms with E-state index in [-0.39, 0.29) is 4.84 Å². The van der Waals surface area contributed by atoms with Crippen molar-refractivity contribution >= 4 is 12.2 Å². The summed E-state index contributed by atoms with van der Waals surface area (Å²) in [7, 11) is 0. The van der Waals surface area contributed by atoms with Crippen LogP contribution in [0.4, 0.5) is 4.39 Å². The molecule has 0 spiro atoms. The maximum Gasteiger partial charge on any atom is 0.284 e. The van der Waals surface area contributed by atoms with Crippen molar-refractivity contribution in [1.82, 2.24) is 10.2 Å². The number of alkyl halides is 1. The summed E-state index contributed by atoms with van der Waals surface area (Å²) in [5, 5.41) is 6.42. The van der Waals surface area contributed by atoms with E-state index in [2.05, 4.69) is 10.2 Å². The molecule has 1 aromatic heterocycles. The molecular formula is C11H11FN2OS. The fourth-order valence-corrected chi connectivity index (χ4v) is 1.49. The van der Waals surface area contributed by atoms with Gasteiger partial charge < -0.3 is 4.42 Å². The molecular weight excluding hydrogens is 227 g/mol. The number of benzene rings is 1. The first kappa shape index (κ1) is 11.0. The third-order valence-electron chi connectivity index (χ3n) is 2.26. The minimum Gasteiger partial charge on any atom is -0.409 e. The molecule has 2 rings (SSSR count). The monoisotopic (exact) mass is 238 g/mol. The highest BCUT2D eigenvalue weighted by molar-refractivity contribution is 7.71. The molecule has 0 unspecified atom stereocenters. The van der Waals surface area contributed by atoms with Crippen molar-refractivity contribution < 1.29 is 8.81 Å². The molecule has 16 heavy (non-hydrogen) atoms. The normalized spacial score (nSPS) is 11.7. The van der Waals surface area contributed by atoms with Crippen molar-refractivity contribution in [1.29, 1.82) is 0 Å². The van der Waals surface area contributed by atoms with E-state index in [1.807, 2.05) is 0 Å². The number of nitrogens with one attached hydrogen (secondary N) is 1. The molecule has 0 aliphatic heterocycles. The number of hydrogen-bond donors (Lipinski definition) is 1. The van der Waals surface area contributed by atoms with Gasteiger partial charge in [-0.05, 0) is 43.8 Å². The summed E-state index contributed by atoms with van der Waals surface area (Å²) < 4.78 is 18.7. The lowest BCUT2D eigenvalue weighted by atomic mass is 9.99. The third-order valence-corrected chi connectivity index (χ3v) is 2.43. The summed E-state index contributed by atoms with van der Waals surface area (Å²) >= 11 is 4.77. The second-order valence-electron chi connectivity index (χ2n) is 3.97. The maximum atomic E-state index is 13.6. The van der Waals surface area contributed by atoms with Crippen LogP contribution in [0.5, 0.6) is 0 Å². The summed E-state index contributed by atoms with van der Waals surface area (Å²) in [5.74, 6) is 0.410. The van der Waals surface area contributed by atoms with Crippen LogP contribution in [0.15, 0.2) is 28.7 Å². The fraction of sp³-hybridized carbons (Fsp3) is 0.273. The number of aromatic nitrogens is 2. The molecule has 0 bridgehead atoms. The smallest absolute Gasteiger partial charge is 0.284 e. The average molecular weight is 238 g/mol. The molecule has 0 radical (unpaired) electrons. The second kappa shape index (κ2) is 3.83. The Kier molecular flexibility index (Phi) is 2.63. The molecule has 0 fully saturated rings. The lowest BCUT2D eigenvalue weighted by molar-refractivity contribution is 0.221. The molecule has 0 atom stereocenters. The van der Waals surface area contributed by atoms with Gasteiger partial charge in [-0.3, -0.25) is 0 Å². The van der Waals surface area contributed by atoms with Crippen molar-refractivity contribution in [2.75, 3.05) is 0 Å². The van der Waals surface area contributed by atoms with E-state index in [1.165, 1.54) is 13.8 Å². The van der Waals surface area contributed by atoms with Crippen molar-refractivity contribution in [2.24, 2.45) is 0 Å². The molecule has 1 N–H and O–H groups in total. The summed E-state index contributed by atoms with van der Waals surface area (Å²) in [6, 6.07) is 6.93. The zero-order valence-electron chi connectivity index (χ0n) is 8.95. The highest BCUT2D eigenvalue weighted by Gasteiger charge is 2.18. The van der Waals surface area contributed by atoms with Gasteiger partial charge >= 0.3 is 0 Å². The van der Waals surface area contributed by atoms with Crippen LogP contribution in [0.3, 0.4) is 0 Å². The van der Waals surface area contributed by atoms with Crippen LogP contribution < -0.4 is 0 Å². The third kappa shape index (κ3) is 2.19. The quantitative estimate of drug-likeness (QED) is 0.813. The van der Waals surface area contributed by atoms with E-state index in [9.17, 15) is 4.39 Å². The average Bonchev–Trinajstić information content (AvgIpc) is 2.64. The Morgan fingerprint density at radius 1 is 1.31 bits per heavy atom. The summed E-state index contributed by atoms with van der Waals surface area (Å²) in [6.45, 7) is 3.03. The van der Waals surface area contributed by atoms with Gasteiger partial charge in [-0.2, -0.15) is 0 Å². The Morgan fingerprint density at radius 3 is 2.38 bits per heavy atom. The Morgan fingerprint density at radius 2 is 1.94 bits per heavy atom. The fourth-order valence-electron chi connectivity index (χ4n) is 1.36. The molecule has 1 aromatic carbocycles. The van der Waals surface area contributed by atoms with Crippen molar-refractivity contribution in [2.45, 2.75) is 19.5 Å². The number of H-pyrrole nitrogens is 1. The van der Waals surface area contributed by atoms with Gasteiger partial charge in [-0.1, -0.05) is 12.1 Å². The van der Waals surface area contributed by atoms with Crippen LogP contribution in [-0.2, 0) is 5.67 Å². The molecule has 3 nitrogen and oxygen atoms in total. The van der Waals surface area contributed by atoms with Crippen LogP contribution in [0.25, 0.3) is 11.5 Å². The number of aromatic amines is 1. The minimum atomic E-state index is -1.34. The van der Waals surface area contributed by atoms with E-state index in [4.69, 9.17) is 16.6 Å². The van der Waals surface area contributed by atoms with Gasteiger partial charge in [-0.25, -0.2) is 9.49 Å². The molecule has 0 aliphatic rings. The first-order valence-electron chi connectivity index (χ1n) is 4.82. The van der Waals surface area contributed by atoms with Gasteiger partial charge in [0.1, 0.15) is 5.67 Å². The highest BCUT2D eigenvalue weighted by atomic mass is 32.1. The SMILES string of the molecule is CC(C)(F)c1ccc(-c2n[nH]c(=S)o2)cc1. The van der Waals surface area contributed by atoms with Gasteiger partial charge in [0, 0.05) is 5.56 Å². The van der Waals surface area contributed by atoms with E-state index in [0.717, 1.165) is 5.56 Å². The highest BCUT2D eigenvalue weighted by Crippen LogP contribution is 2.26. The standard InChI is InChI=1S/C11H11FN2OS/c1-11(2,12)8-5-3-7(4-6-8)9-13-14-10(16)15-9/h3-6H,1-2H3,(H,14,16). The maximum absolute atomic E-state index is 13.6. The predicted molar refractivity (Wildman–Crippen MR) is 61.3 cm³/mol. The van der Waals surface area contributed by atoms with E-state index in [1.54, 1.807) is 24.3 Å². The molecule has 0 saturated heterocycles. The second-order valence-corrected chi connectivity index (χ2v) is 4.34. The minimum absolute atomic E-state index is 0.227. The lowest BCUT2D eigenvalue weighted by Crippen LogP contribution is -2.08. The number of rotatable bonds is 2. The zero-order valence-corrected chi connectivity index (χ0v) is 9.77. The van der Waals surface area contributed by atoms with E-state index < -0.39 is 5.67 Å². The zero-order chi connectivity index (χ0) is 11.8. The Balaban J connectivity index is 2.36. The van der Waals surface area contributed by atoms with Gasteiger partial charge in [0.2, 0.25) is 5.89 Å². The van der Waals surface area contributed by atoms with Crippen LogP contribution >= 0.6 is 12.2 Å². The Hall–Kier alpha value is -1.49. The summed E-state index contributed by atoms with van der Waals surface area (Å²) in [5.41, 5.74) is 0.0375. The molecule has 0 aliphatic carbocycles. The summed E-state index contributed by atoms with van der Waals surface area (Å²) in [6.07, 6.45) is 0. The predicted octanol–water partition coefficient (Wildman–Crippen LogP) is 3.60. The number of nitrogens with zero attached hydrogens (tertiary/aromatic N) is 1. The van der Waals surface area contributed by atoms with Crippen LogP contribution in [0, 0.1) is 4.84 Å². The molecule has 0 saturated carbocycles. The first-order chi connectivity index (χ1) is 7.47. The van der Waals surface area contributed by atoms with Crippen molar-refractivity contribution in [3.05, 3.63) is 34.7 Å².